The molecule has 2 atom stereocenters. The topological polar surface area (TPSA) is 49.4 Å². The lowest BCUT2D eigenvalue weighted by Crippen LogP contribution is -2.47. The van der Waals surface area contributed by atoms with Crippen molar-refractivity contribution < 1.29 is 8.42 Å². The zero-order chi connectivity index (χ0) is 12.3. The SMILES string of the molecule is CC(C)N(C)S(=O)(=O)NC1CCCC1CCl. The van der Waals surface area contributed by atoms with Crippen molar-refractivity contribution in [3.8, 4) is 0 Å². The molecule has 0 bridgehead atoms. The van der Waals surface area contributed by atoms with Gasteiger partial charge in [-0.25, -0.2) is 0 Å². The van der Waals surface area contributed by atoms with Gasteiger partial charge >= 0.3 is 0 Å². The van der Waals surface area contributed by atoms with Gasteiger partial charge < -0.3 is 0 Å². The molecule has 2 unspecified atom stereocenters. The highest BCUT2D eigenvalue weighted by atomic mass is 35.5. The van der Waals surface area contributed by atoms with Crippen LogP contribution < -0.4 is 4.72 Å². The molecule has 1 aliphatic carbocycles. The number of alkyl halides is 1. The maximum Gasteiger partial charge on any atom is 0.279 e. The molecule has 0 radical (unpaired) electrons. The van der Waals surface area contributed by atoms with Crippen LogP contribution in [0.1, 0.15) is 33.1 Å². The molecule has 1 N–H and O–H groups in total. The van der Waals surface area contributed by atoms with Crippen molar-refractivity contribution in [2.24, 2.45) is 5.92 Å². The van der Waals surface area contributed by atoms with Gasteiger partial charge in [-0.05, 0) is 32.6 Å². The number of halogens is 1. The van der Waals surface area contributed by atoms with Crippen LogP contribution >= 0.6 is 11.6 Å². The summed E-state index contributed by atoms with van der Waals surface area (Å²) in [5, 5.41) is 0. The summed E-state index contributed by atoms with van der Waals surface area (Å²) in [6.45, 7) is 3.71. The summed E-state index contributed by atoms with van der Waals surface area (Å²) in [4.78, 5) is 0. The average molecular weight is 269 g/mol. The first-order chi connectivity index (χ1) is 7.38. The van der Waals surface area contributed by atoms with Gasteiger partial charge in [0.1, 0.15) is 0 Å². The molecule has 16 heavy (non-hydrogen) atoms. The quantitative estimate of drug-likeness (QED) is 0.770. The van der Waals surface area contributed by atoms with E-state index in [0.717, 1.165) is 19.3 Å². The van der Waals surface area contributed by atoms with Crippen molar-refractivity contribution >= 4 is 21.8 Å². The first-order valence-electron chi connectivity index (χ1n) is 5.69. The molecule has 0 amide bonds. The molecule has 1 fully saturated rings. The number of hydrogen-bond donors (Lipinski definition) is 1. The number of rotatable bonds is 5. The van der Waals surface area contributed by atoms with Crippen molar-refractivity contribution in [2.45, 2.75) is 45.2 Å². The minimum atomic E-state index is -3.36. The van der Waals surface area contributed by atoms with Crippen LogP contribution in [0.25, 0.3) is 0 Å². The molecule has 6 heteroatoms. The molecular formula is C10H21ClN2O2S. The van der Waals surface area contributed by atoms with Crippen LogP contribution in [0.2, 0.25) is 0 Å². The van der Waals surface area contributed by atoms with E-state index in [9.17, 15) is 8.42 Å². The second kappa shape index (κ2) is 5.67. The molecule has 0 aromatic carbocycles. The van der Waals surface area contributed by atoms with E-state index >= 15 is 0 Å². The Morgan fingerprint density at radius 3 is 2.56 bits per heavy atom. The highest BCUT2D eigenvalue weighted by molar-refractivity contribution is 7.87. The fourth-order valence-electron chi connectivity index (χ4n) is 1.93. The predicted molar refractivity (Wildman–Crippen MR) is 66.8 cm³/mol. The summed E-state index contributed by atoms with van der Waals surface area (Å²) < 4.78 is 28.0. The molecule has 96 valence electrons. The van der Waals surface area contributed by atoms with E-state index in [1.165, 1.54) is 4.31 Å². The summed E-state index contributed by atoms with van der Waals surface area (Å²) >= 11 is 5.83. The zero-order valence-corrected chi connectivity index (χ0v) is 11.7. The number of nitrogens with zero attached hydrogens (tertiary/aromatic N) is 1. The van der Waals surface area contributed by atoms with Crippen molar-refractivity contribution in [1.29, 1.82) is 0 Å². The van der Waals surface area contributed by atoms with Crippen LogP contribution in [0.3, 0.4) is 0 Å². The molecule has 1 aliphatic rings. The van der Waals surface area contributed by atoms with Gasteiger partial charge in [0.25, 0.3) is 10.2 Å². The van der Waals surface area contributed by atoms with Crippen molar-refractivity contribution in [1.82, 2.24) is 9.03 Å². The van der Waals surface area contributed by atoms with Crippen LogP contribution in [-0.2, 0) is 10.2 Å². The maximum atomic E-state index is 12.0. The number of hydrogen-bond acceptors (Lipinski definition) is 2. The Balaban J connectivity index is 2.65. The molecule has 0 heterocycles. The third-order valence-electron chi connectivity index (χ3n) is 3.26. The van der Waals surface area contributed by atoms with Gasteiger partial charge in [0.15, 0.2) is 0 Å². The molecule has 4 nitrogen and oxygen atoms in total. The van der Waals surface area contributed by atoms with E-state index in [-0.39, 0.29) is 18.0 Å². The van der Waals surface area contributed by atoms with E-state index in [1.807, 2.05) is 13.8 Å². The molecule has 0 saturated heterocycles. The Labute approximate surface area is 104 Å². The lowest BCUT2D eigenvalue weighted by Gasteiger charge is -2.25. The molecular weight excluding hydrogens is 248 g/mol. The zero-order valence-electron chi connectivity index (χ0n) is 10.1. The van der Waals surface area contributed by atoms with Crippen LogP contribution in [0.5, 0.6) is 0 Å². The third kappa shape index (κ3) is 3.32. The van der Waals surface area contributed by atoms with Gasteiger partial charge in [0.05, 0.1) is 0 Å². The average Bonchev–Trinajstić information content (AvgIpc) is 2.63. The molecule has 0 aliphatic heterocycles. The Kier molecular flexibility index (Phi) is 5.04. The highest BCUT2D eigenvalue weighted by Crippen LogP contribution is 2.27. The summed E-state index contributed by atoms with van der Waals surface area (Å²) in [5.41, 5.74) is 0. The standard InChI is InChI=1S/C10H21ClN2O2S/c1-8(2)13(3)16(14,15)12-10-6-4-5-9(10)7-11/h8-10,12H,4-7H2,1-3H3. The van der Waals surface area contributed by atoms with E-state index in [4.69, 9.17) is 11.6 Å². The fraction of sp³-hybridized carbons (Fsp3) is 1.00. The van der Waals surface area contributed by atoms with E-state index in [1.54, 1.807) is 7.05 Å². The highest BCUT2D eigenvalue weighted by Gasteiger charge is 2.32. The molecule has 0 aromatic heterocycles. The summed E-state index contributed by atoms with van der Waals surface area (Å²) in [6, 6.07) is -0.0305. The van der Waals surface area contributed by atoms with Crippen LogP contribution in [0.15, 0.2) is 0 Å². The van der Waals surface area contributed by atoms with Crippen molar-refractivity contribution in [3.05, 3.63) is 0 Å². The Bertz CT molecular complexity index is 319. The van der Waals surface area contributed by atoms with Crippen LogP contribution in [-0.4, -0.2) is 37.7 Å². The number of nitrogens with one attached hydrogen (secondary N) is 1. The van der Waals surface area contributed by atoms with E-state index < -0.39 is 10.2 Å². The summed E-state index contributed by atoms with van der Waals surface area (Å²) in [6.07, 6.45) is 2.96. The summed E-state index contributed by atoms with van der Waals surface area (Å²) in [7, 11) is -1.77. The Morgan fingerprint density at radius 2 is 2.06 bits per heavy atom. The van der Waals surface area contributed by atoms with Gasteiger partial charge in [-0.1, -0.05) is 6.42 Å². The minimum Gasteiger partial charge on any atom is -0.199 e. The second-order valence-corrected chi connectivity index (χ2v) is 6.76. The van der Waals surface area contributed by atoms with E-state index in [0.29, 0.717) is 5.88 Å². The van der Waals surface area contributed by atoms with Crippen molar-refractivity contribution in [3.63, 3.8) is 0 Å². The summed E-state index contributed by atoms with van der Waals surface area (Å²) in [5.74, 6) is 0.801. The third-order valence-corrected chi connectivity index (χ3v) is 5.44. The largest absolute Gasteiger partial charge is 0.279 e. The molecule has 1 rings (SSSR count). The van der Waals surface area contributed by atoms with Gasteiger partial charge in [0.2, 0.25) is 0 Å². The first kappa shape index (κ1) is 14.2. The van der Waals surface area contributed by atoms with Crippen LogP contribution in [0.4, 0.5) is 0 Å². The smallest absolute Gasteiger partial charge is 0.199 e. The Hall–Kier alpha value is 0.160. The second-order valence-electron chi connectivity index (χ2n) is 4.68. The maximum absolute atomic E-state index is 12.0. The first-order valence-corrected chi connectivity index (χ1v) is 7.67. The lowest BCUT2D eigenvalue weighted by atomic mass is 10.1. The van der Waals surface area contributed by atoms with Gasteiger partial charge in [-0.3, -0.25) is 0 Å². The van der Waals surface area contributed by atoms with Gasteiger partial charge in [-0.15, -0.1) is 11.6 Å². The van der Waals surface area contributed by atoms with E-state index in [2.05, 4.69) is 4.72 Å². The fourth-order valence-corrected chi connectivity index (χ4v) is 3.71. The van der Waals surface area contributed by atoms with Crippen molar-refractivity contribution in [2.75, 3.05) is 12.9 Å². The monoisotopic (exact) mass is 268 g/mol. The predicted octanol–water partition coefficient (Wildman–Crippen LogP) is 1.57. The van der Waals surface area contributed by atoms with Crippen LogP contribution in [0, 0.1) is 5.92 Å². The lowest BCUT2D eigenvalue weighted by molar-refractivity contribution is 0.386. The van der Waals surface area contributed by atoms with Gasteiger partial charge in [-0.2, -0.15) is 17.4 Å². The minimum absolute atomic E-state index is 0.00343. The molecule has 0 spiro atoms. The normalized spacial score (nSPS) is 26.9. The Morgan fingerprint density at radius 1 is 1.44 bits per heavy atom. The van der Waals surface area contributed by atoms with Gasteiger partial charge in [0, 0.05) is 25.0 Å². The molecule has 0 aromatic rings. The molecule has 1 saturated carbocycles.